The lowest BCUT2D eigenvalue weighted by Crippen LogP contribution is -2.06. The molecule has 2 aromatic rings. The molecule has 100 valence electrons. The number of nitrogens with zero attached hydrogens (tertiary/aromatic N) is 4. The zero-order chi connectivity index (χ0) is 13.7. The van der Waals surface area contributed by atoms with Crippen LogP contribution in [0.1, 0.15) is 18.3 Å². The summed E-state index contributed by atoms with van der Waals surface area (Å²) in [5.74, 6) is -0.0270. The van der Waals surface area contributed by atoms with Crippen molar-refractivity contribution in [3.63, 3.8) is 0 Å². The van der Waals surface area contributed by atoms with Gasteiger partial charge in [0.25, 0.3) is 0 Å². The normalized spacial score (nSPS) is 10.6. The van der Waals surface area contributed by atoms with Gasteiger partial charge in [-0.25, -0.2) is 0 Å². The number of rotatable bonds is 6. The summed E-state index contributed by atoms with van der Waals surface area (Å²) in [5.41, 5.74) is 1.10. The minimum absolute atomic E-state index is 0.00656. The van der Waals surface area contributed by atoms with Gasteiger partial charge < -0.3 is 9.67 Å². The monoisotopic (exact) mass is 278 g/mol. The van der Waals surface area contributed by atoms with Crippen LogP contribution in [-0.2, 0) is 17.8 Å². The predicted octanol–water partition coefficient (Wildman–Crippen LogP) is 1.46. The Morgan fingerprint density at radius 1 is 1.37 bits per heavy atom. The molecule has 0 bridgehead atoms. The third-order valence-corrected chi connectivity index (χ3v) is 3.50. The molecule has 0 aliphatic carbocycles. The van der Waals surface area contributed by atoms with Gasteiger partial charge in [-0.2, -0.15) is 0 Å². The maximum absolute atomic E-state index is 10.6. The average molecular weight is 278 g/mol. The highest BCUT2D eigenvalue weighted by Crippen LogP contribution is 2.18. The number of pyridine rings is 1. The molecule has 2 aromatic heterocycles. The summed E-state index contributed by atoms with van der Waals surface area (Å²) in [6, 6.07) is 3.86. The molecule has 19 heavy (non-hydrogen) atoms. The Labute approximate surface area is 114 Å². The molecule has 0 saturated carbocycles. The van der Waals surface area contributed by atoms with Crippen molar-refractivity contribution in [3.05, 3.63) is 35.9 Å². The first kappa shape index (κ1) is 13.5. The van der Waals surface area contributed by atoms with Crippen LogP contribution in [0.2, 0.25) is 0 Å². The number of carbonyl (C=O) groups is 1. The van der Waals surface area contributed by atoms with E-state index in [0.717, 1.165) is 17.9 Å². The lowest BCUT2D eigenvalue weighted by atomic mass is 10.2. The minimum atomic E-state index is -0.855. The van der Waals surface area contributed by atoms with Crippen LogP contribution in [0, 0.1) is 0 Å². The molecule has 0 fully saturated rings. The van der Waals surface area contributed by atoms with Gasteiger partial charge in [0.05, 0.1) is 5.75 Å². The second kappa shape index (κ2) is 6.33. The van der Waals surface area contributed by atoms with Crippen LogP contribution >= 0.6 is 11.8 Å². The van der Waals surface area contributed by atoms with Crippen LogP contribution in [0.15, 0.2) is 29.7 Å². The van der Waals surface area contributed by atoms with E-state index in [4.69, 9.17) is 5.11 Å². The number of hydrogen-bond donors (Lipinski definition) is 1. The standard InChI is InChI=1S/C12H14N4O2S/c1-2-16-10(7-9-3-5-13-6-4-9)14-15-12(16)19-8-11(17)18/h3-6H,2,7-8H2,1H3,(H,17,18). The molecule has 2 rings (SSSR count). The fourth-order valence-corrected chi connectivity index (χ4v) is 2.43. The van der Waals surface area contributed by atoms with E-state index in [0.29, 0.717) is 11.6 Å². The highest BCUT2D eigenvalue weighted by atomic mass is 32.2. The van der Waals surface area contributed by atoms with E-state index in [1.807, 2.05) is 23.6 Å². The fourth-order valence-electron chi connectivity index (χ4n) is 1.68. The third-order valence-electron chi connectivity index (χ3n) is 2.55. The van der Waals surface area contributed by atoms with Gasteiger partial charge in [-0.3, -0.25) is 9.78 Å². The van der Waals surface area contributed by atoms with Crippen molar-refractivity contribution >= 4 is 17.7 Å². The molecule has 1 N–H and O–H groups in total. The molecule has 0 saturated heterocycles. The van der Waals surface area contributed by atoms with E-state index < -0.39 is 5.97 Å². The number of thioether (sulfide) groups is 1. The molecule has 7 heteroatoms. The zero-order valence-corrected chi connectivity index (χ0v) is 11.3. The lowest BCUT2D eigenvalue weighted by molar-refractivity contribution is -0.133. The number of carboxylic acid groups (broad SMARTS) is 1. The molecule has 0 aliphatic heterocycles. The van der Waals surface area contributed by atoms with Crippen molar-refractivity contribution < 1.29 is 9.90 Å². The van der Waals surface area contributed by atoms with E-state index in [1.165, 1.54) is 11.8 Å². The molecule has 0 spiro atoms. The molecule has 6 nitrogen and oxygen atoms in total. The third kappa shape index (κ3) is 3.54. The van der Waals surface area contributed by atoms with Crippen molar-refractivity contribution in [2.75, 3.05) is 5.75 Å². The smallest absolute Gasteiger partial charge is 0.313 e. The van der Waals surface area contributed by atoms with E-state index in [1.54, 1.807) is 12.4 Å². The summed E-state index contributed by atoms with van der Waals surface area (Å²) < 4.78 is 1.94. The van der Waals surface area contributed by atoms with Gasteiger partial charge in [-0.05, 0) is 24.6 Å². The summed E-state index contributed by atoms with van der Waals surface area (Å²) in [6.45, 7) is 2.71. The van der Waals surface area contributed by atoms with Gasteiger partial charge in [-0.1, -0.05) is 11.8 Å². The van der Waals surface area contributed by atoms with Gasteiger partial charge >= 0.3 is 5.97 Å². The number of hydrogen-bond acceptors (Lipinski definition) is 5. The van der Waals surface area contributed by atoms with Crippen LogP contribution in [0.3, 0.4) is 0 Å². The van der Waals surface area contributed by atoms with Crippen molar-refractivity contribution in [3.8, 4) is 0 Å². The molecule has 0 aromatic carbocycles. The molecular formula is C12H14N4O2S. The molecule has 0 aliphatic rings. The maximum atomic E-state index is 10.6. The van der Waals surface area contributed by atoms with Crippen molar-refractivity contribution in [1.82, 2.24) is 19.7 Å². The Balaban J connectivity index is 2.15. The van der Waals surface area contributed by atoms with E-state index >= 15 is 0 Å². The van der Waals surface area contributed by atoms with E-state index in [9.17, 15) is 4.79 Å². The van der Waals surface area contributed by atoms with E-state index in [-0.39, 0.29) is 5.75 Å². The Hall–Kier alpha value is -1.89. The van der Waals surface area contributed by atoms with Gasteiger partial charge in [0, 0.05) is 25.4 Å². The highest BCUT2D eigenvalue weighted by Gasteiger charge is 2.12. The summed E-state index contributed by atoms with van der Waals surface area (Å²) in [6.07, 6.45) is 4.14. The summed E-state index contributed by atoms with van der Waals surface area (Å²) in [5, 5.41) is 17.5. The molecule has 0 radical (unpaired) electrons. The van der Waals surface area contributed by atoms with Crippen LogP contribution in [0.4, 0.5) is 0 Å². The fraction of sp³-hybridized carbons (Fsp3) is 0.333. The molecule has 0 amide bonds. The summed E-state index contributed by atoms with van der Waals surface area (Å²) in [7, 11) is 0. The van der Waals surface area contributed by atoms with Gasteiger partial charge in [0.1, 0.15) is 5.82 Å². The highest BCUT2D eigenvalue weighted by molar-refractivity contribution is 7.99. The van der Waals surface area contributed by atoms with Gasteiger partial charge in [-0.15, -0.1) is 10.2 Å². The SMILES string of the molecule is CCn1c(Cc2ccncc2)nnc1SCC(=O)O. The number of aliphatic carboxylic acids is 1. The molecule has 0 atom stereocenters. The molecule has 0 unspecified atom stereocenters. The lowest BCUT2D eigenvalue weighted by Gasteiger charge is -2.06. The van der Waals surface area contributed by atoms with Crippen molar-refractivity contribution in [1.29, 1.82) is 0 Å². The average Bonchev–Trinajstić information content (AvgIpc) is 2.79. The number of carboxylic acids is 1. The largest absolute Gasteiger partial charge is 0.481 e. The molecular weight excluding hydrogens is 264 g/mol. The first-order valence-electron chi connectivity index (χ1n) is 5.86. The Morgan fingerprint density at radius 2 is 2.11 bits per heavy atom. The predicted molar refractivity (Wildman–Crippen MR) is 71.1 cm³/mol. The summed E-state index contributed by atoms with van der Waals surface area (Å²) in [4.78, 5) is 14.6. The Morgan fingerprint density at radius 3 is 2.74 bits per heavy atom. The van der Waals surface area contributed by atoms with Crippen LogP contribution in [0.5, 0.6) is 0 Å². The Kier molecular flexibility index (Phi) is 4.51. The van der Waals surface area contributed by atoms with E-state index in [2.05, 4.69) is 15.2 Å². The topological polar surface area (TPSA) is 80.9 Å². The van der Waals surface area contributed by atoms with Crippen LogP contribution in [0.25, 0.3) is 0 Å². The van der Waals surface area contributed by atoms with Gasteiger partial charge in [0.2, 0.25) is 0 Å². The zero-order valence-electron chi connectivity index (χ0n) is 10.5. The molecule has 2 heterocycles. The van der Waals surface area contributed by atoms with Crippen LogP contribution in [-0.4, -0.2) is 36.6 Å². The van der Waals surface area contributed by atoms with Gasteiger partial charge in [0.15, 0.2) is 5.16 Å². The first-order chi connectivity index (χ1) is 9.20. The quantitative estimate of drug-likeness (QED) is 0.806. The van der Waals surface area contributed by atoms with Crippen molar-refractivity contribution in [2.45, 2.75) is 25.0 Å². The minimum Gasteiger partial charge on any atom is -0.481 e. The maximum Gasteiger partial charge on any atom is 0.313 e. The summed E-state index contributed by atoms with van der Waals surface area (Å²) >= 11 is 1.19. The second-order valence-electron chi connectivity index (χ2n) is 3.86. The first-order valence-corrected chi connectivity index (χ1v) is 6.84. The second-order valence-corrected chi connectivity index (χ2v) is 4.80. The van der Waals surface area contributed by atoms with Crippen LogP contribution < -0.4 is 0 Å². The Bertz CT molecular complexity index is 556. The van der Waals surface area contributed by atoms with Crippen molar-refractivity contribution in [2.24, 2.45) is 0 Å². The number of aromatic nitrogens is 4.